The molecule has 4 heteroatoms. The highest BCUT2D eigenvalue weighted by molar-refractivity contribution is 5.85. The first-order valence-electron chi connectivity index (χ1n) is 8.48. The van der Waals surface area contributed by atoms with E-state index >= 15 is 0 Å². The Bertz CT molecular complexity index is 671. The third kappa shape index (κ3) is 5.53. The fourth-order valence-electron chi connectivity index (χ4n) is 2.54. The minimum atomic E-state index is -0.446. The van der Waals surface area contributed by atoms with E-state index in [0.717, 1.165) is 19.5 Å². The van der Waals surface area contributed by atoms with Gasteiger partial charge in [0.25, 0.3) is 0 Å². The highest BCUT2D eigenvalue weighted by Crippen LogP contribution is 2.18. The largest absolute Gasteiger partial charge is 0.444 e. The van der Waals surface area contributed by atoms with E-state index < -0.39 is 5.60 Å². The van der Waals surface area contributed by atoms with Crippen LogP contribution in [0.2, 0.25) is 0 Å². The Morgan fingerprint density at radius 3 is 2.58 bits per heavy atom. The van der Waals surface area contributed by atoms with E-state index in [-0.39, 0.29) is 6.09 Å². The summed E-state index contributed by atoms with van der Waals surface area (Å²) < 4.78 is 5.34. The highest BCUT2D eigenvalue weighted by Gasteiger charge is 2.18. The van der Waals surface area contributed by atoms with Crippen LogP contribution in [-0.4, -0.2) is 36.7 Å². The molecule has 0 spiro atoms. The van der Waals surface area contributed by atoms with Crippen molar-refractivity contribution in [3.05, 3.63) is 48.0 Å². The molecule has 1 N–H and O–H groups in total. The smallest absolute Gasteiger partial charge is 0.410 e. The average molecular weight is 328 g/mol. The van der Waals surface area contributed by atoms with Gasteiger partial charge in [-0.05, 0) is 50.1 Å². The summed E-state index contributed by atoms with van der Waals surface area (Å²) in [6.45, 7) is 8.00. The number of benzene rings is 2. The van der Waals surface area contributed by atoms with Gasteiger partial charge in [-0.15, -0.1) is 0 Å². The Balaban J connectivity index is 1.74. The van der Waals surface area contributed by atoms with Crippen molar-refractivity contribution in [2.75, 3.05) is 20.1 Å². The van der Waals surface area contributed by atoms with Crippen molar-refractivity contribution in [3.8, 4) is 0 Å². The van der Waals surface area contributed by atoms with Crippen LogP contribution in [0.15, 0.2) is 42.5 Å². The predicted molar refractivity (Wildman–Crippen MR) is 99.1 cm³/mol. The van der Waals surface area contributed by atoms with E-state index in [9.17, 15) is 4.79 Å². The second-order valence-corrected chi connectivity index (χ2v) is 7.07. The van der Waals surface area contributed by atoms with Crippen LogP contribution in [-0.2, 0) is 11.3 Å². The Morgan fingerprint density at radius 2 is 1.83 bits per heavy atom. The summed E-state index contributed by atoms with van der Waals surface area (Å²) in [6, 6.07) is 14.8. The number of ether oxygens (including phenoxy) is 1. The first-order chi connectivity index (χ1) is 11.4. The van der Waals surface area contributed by atoms with Crippen LogP contribution in [0.1, 0.15) is 32.8 Å². The van der Waals surface area contributed by atoms with Crippen molar-refractivity contribution in [3.63, 3.8) is 0 Å². The zero-order chi connectivity index (χ0) is 17.6. The summed E-state index contributed by atoms with van der Waals surface area (Å²) in [5.41, 5.74) is 0.853. The number of carbonyl (C=O) groups is 1. The van der Waals surface area contributed by atoms with E-state index in [1.165, 1.54) is 16.3 Å². The van der Waals surface area contributed by atoms with Gasteiger partial charge in [0.1, 0.15) is 5.60 Å². The molecule has 2 rings (SSSR count). The fourth-order valence-corrected chi connectivity index (χ4v) is 2.54. The van der Waals surface area contributed by atoms with E-state index in [4.69, 9.17) is 4.74 Å². The molecule has 4 nitrogen and oxygen atoms in total. The molecule has 0 heterocycles. The number of rotatable bonds is 6. The van der Waals surface area contributed by atoms with Crippen LogP contribution < -0.4 is 5.32 Å². The number of hydrogen-bond acceptors (Lipinski definition) is 3. The van der Waals surface area contributed by atoms with Gasteiger partial charge in [-0.3, -0.25) is 0 Å². The van der Waals surface area contributed by atoms with E-state index in [2.05, 4.69) is 47.8 Å². The summed E-state index contributed by atoms with van der Waals surface area (Å²) in [5, 5.41) is 6.01. The molecule has 0 atom stereocenters. The van der Waals surface area contributed by atoms with Gasteiger partial charge in [-0.1, -0.05) is 42.5 Å². The third-order valence-electron chi connectivity index (χ3n) is 3.75. The number of nitrogens with zero attached hydrogens (tertiary/aromatic N) is 1. The van der Waals surface area contributed by atoms with Crippen molar-refractivity contribution in [1.29, 1.82) is 0 Å². The Morgan fingerprint density at radius 1 is 1.12 bits per heavy atom. The van der Waals surface area contributed by atoms with Gasteiger partial charge in [-0.25, -0.2) is 4.79 Å². The molecule has 0 aromatic heterocycles. The van der Waals surface area contributed by atoms with Crippen molar-refractivity contribution < 1.29 is 9.53 Å². The minimum absolute atomic E-state index is 0.267. The van der Waals surface area contributed by atoms with Gasteiger partial charge in [-0.2, -0.15) is 0 Å². The van der Waals surface area contributed by atoms with Crippen LogP contribution in [0.3, 0.4) is 0 Å². The van der Waals surface area contributed by atoms with E-state index in [1.807, 2.05) is 20.8 Å². The lowest BCUT2D eigenvalue weighted by Gasteiger charge is -2.24. The number of fused-ring (bicyclic) bond motifs is 1. The van der Waals surface area contributed by atoms with Crippen LogP contribution in [0.4, 0.5) is 4.79 Å². The molecular formula is C20H28N2O2. The molecular weight excluding hydrogens is 300 g/mol. The van der Waals surface area contributed by atoms with Gasteiger partial charge < -0.3 is 15.0 Å². The molecule has 0 unspecified atom stereocenters. The van der Waals surface area contributed by atoms with Gasteiger partial charge in [0.2, 0.25) is 0 Å². The SMILES string of the molecule is CN(CCCNCc1cccc2ccccc12)C(=O)OC(C)(C)C. The zero-order valence-electron chi connectivity index (χ0n) is 15.1. The first-order valence-corrected chi connectivity index (χ1v) is 8.48. The van der Waals surface area contributed by atoms with Crippen LogP contribution >= 0.6 is 0 Å². The molecule has 0 aliphatic rings. The molecule has 0 saturated carbocycles. The molecule has 24 heavy (non-hydrogen) atoms. The fraction of sp³-hybridized carbons (Fsp3) is 0.450. The normalized spacial score (nSPS) is 11.5. The Kier molecular flexibility index (Phi) is 6.21. The summed E-state index contributed by atoms with van der Waals surface area (Å²) in [5.74, 6) is 0. The maximum absolute atomic E-state index is 11.9. The molecule has 0 fully saturated rings. The van der Waals surface area contributed by atoms with Crippen LogP contribution in [0, 0.1) is 0 Å². The van der Waals surface area contributed by atoms with Crippen molar-refractivity contribution in [2.45, 2.75) is 39.3 Å². The van der Waals surface area contributed by atoms with Gasteiger partial charge in [0, 0.05) is 20.1 Å². The summed E-state index contributed by atoms with van der Waals surface area (Å²) in [7, 11) is 1.78. The molecule has 2 aromatic carbocycles. The summed E-state index contributed by atoms with van der Waals surface area (Å²) in [6.07, 6.45) is 0.622. The zero-order valence-corrected chi connectivity index (χ0v) is 15.1. The second kappa shape index (κ2) is 8.15. The van der Waals surface area contributed by atoms with Gasteiger partial charge >= 0.3 is 6.09 Å². The number of hydrogen-bond donors (Lipinski definition) is 1. The second-order valence-electron chi connectivity index (χ2n) is 7.07. The molecule has 0 radical (unpaired) electrons. The molecule has 0 bridgehead atoms. The first kappa shape index (κ1) is 18.3. The van der Waals surface area contributed by atoms with E-state index in [1.54, 1.807) is 11.9 Å². The molecule has 0 aliphatic carbocycles. The van der Waals surface area contributed by atoms with Crippen molar-refractivity contribution >= 4 is 16.9 Å². The minimum Gasteiger partial charge on any atom is -0.444 e. The topological polar surface area (TPSA) is 41.6 Å². The number of nitrogens with one attached hydrogen (secondary N) is 1. The standard InChI is InChI=1S/C20H28N2O2/c1-20(2,3)24-19(23)22(4)14-8-13-21-15-17-11-7-10-16-9-5-6-12-18(16)17/h5-7,9-12,21H,8,13-15H2,1-4H3. The lowest BCUT2D eigenvalue weighted by atomic mass is 10.0. The molecule has 0 aliphatic heterocycles. The molecule has 0 saturated heterocycles. The lowest BCUT2D eigenvalue weighted by Crippen LogP contribution is -2.35. The molecule has 130 valence electrons. The molecule has 1 amide bonds. The summed E-state index contributed by atoms with van der Waals surface area (Å²) in [4.78, 5) is 13.5. The predicted octanol–water partition coefficient (Wildman–Crippen LogP) is 4.19. The van der Waals surface area contributed by atoms with Gasteiger partial charge in [0.15, 0.2) is 0 Å². The quantitative estimate of drug-likeness (QED) is 0.809. The Hall–Kier alpha value is -2.07. The molecule has 2 aromatic rings. The lowest BCUT2D eigenvalue weighted by molar-refractivity contribution is 0.0297. The maximum atomic E-state index is 11.9. The van der Waals surface area contributed by atoms with Crippen LogP contribution in [0.5, 0.6) is 0 Å². The van der Waals surface area contributed by atoms with Gasteiger partial charge in [0.05, 0.1) is 0 Å². The van der Waals surface area contributed by atoms with Crippen LogP contribution in [0.25, 0.3) is 10.8 Å². The average Bonchev–Trinajstić information content (AvgIpc) is 2.53. The van der Waals surface area contributed by atoms with E-state index in [0.29, 0.717) is 6.54 Å². The summed E-state index contributed by atoms with van der Waals surface area (Å²) >= 11 is 0. The maximum Gasteiger partial charge on any atom is 0.410 e. The van der Waals surface area contributed by atoms with Crippen molar-refractivity contribution in [1.82, 2.24) is 10.2 Å². The number of carbonyl (C=O) groups excluding carboxylic acids is 1. The third-order valence-corrected chi connectivity index (χ3v) is 3.75. The highest BCUT2D eigenvalue weighted by atomic mass is 16.6. The monoisotopic (exact) mass is 328 g/mol. The number of amides is 1. The van der Waals surface area contributed by atoms with Crippen molar-refractivity contribution in [2.24, 2.45) is 0 Å². The Labute approximate surface area is 144 Å².